The van der Waals surface area contributed by atoms with Crippen molar-refractivity contribution in [1.29, 1.82) is 0 Å². The van der Waals surface area contributed by atoms with E-state index in [1.807, 2.05) is 84.9 Å². The Morgan fingerprint density at radius 1 is 0.706 bits per heavy atom. The van der Waals surface area contributed by atoms with Crippen molar-refractivity contribution < 1.29 is 0 Å². The van der Waals surface area contributed by atoms with Gasteiger partial charge in [0.15, 0.2) is 5.49 Å². The smallest absolute Gasteiger partial charge is 0.156 e. The molecular weight excluding hydrogens is 452 g/mol. The quantitative estimate of drug-likeness (QED) is 0.232. The van der Waals surface area contributed by atoms with E-state index >= 15 is 0 Å². The first-order chi connectivity index (χ1) is 16.8. The first kappa shape index (κ1) is 22.0. The Labute approximate surface area is 208 Å². The third-order valence-electron chi connectivity index (χ3n) is 5.28. The molecule has 5 aromatic rings. The number of nitrogens with zero attached hydrogens (tertiary/aromatic N) is 2. The van der Waals surface area contributed by atoms with Crippen molar-refractivity contribution >= 4 is 46.3 Å². The van der Waals surface area contributed by atoms with E-state index < -0.39 is 0 Å². The highest BCUT2D eigenvalue weighted by atomic mass is 32.1. The fourth-order valence-electron chi connectivity index (χ4n) is 3.66. The van der Waals surface area contributed by atoms with Gasteiger partial charge in [0.25, 0.3) is 0 Å². The van der Waals surface area contributed by atoms with E-state index in [0.717, 1.165) is 42.0 Å². The second-order valence-electron chi connectivity index (χ2n) is 7.68. The lowest BCUT2D eigenvalue weighted by molar-refractivity contribution is 0.953. The topological polar surface area (TPSA) is 17.3 Å². The average molecular weight is 475 g/mol. The molecule has 0 aliphatic carbocycles. The van der Waals surface area contributed by atoms with Crippen molar-refractivity contribution in [3.8, 4) is 5.69 Å². The lowest BCUT2D eigenvalue weighted by Crippen LogP contribution is -2.31. The maximum absolute atomic E-state index is 5.82. The van der Waals surface area contributed by atoms with Crippen molar-refractivity contribution in [3.63, 3.8) is 0 Å². The van der Waals surface area contributed by atoms with Gasteiger partial charge in [0.2, 0.25) is 0 Å². The van der Waals surface area contributed by atoms with Gasteiger partial charge >= 0.3 is 0 Å². The molecule has 5 rings (SSSR count). The Kier molecular flexibility index (Phi) is 6.71. The van der Waals surface area contributed by atoms with Gasteiger partial charge < -0.3 is 0 Å². The van der Waals surface area contributed by atoms with Gasteiger partial charge in [-0.15, -0.1) is 11.3 Å². The molecule has 1 aromatic heterocycles. The number of rotatable bonds is 5. The van der Waals surface area contributed by atoms with Crippen molar-refractivity contribution in [1.82, 2.24) is 4.57 Å². The van der Waals surface area contributed by atoms with Crippen molar-refractivity contribution in [2.24, 2.45) is 4.99 Å². The number of para-hydroxylation sites is 2. The maximum Gasteiger partial charge on any atom is 0.156 e. The van der Waals surface area contributed by atoms with Gasteiger partial charge in [-0.05, 0) is 47.5 Å². The molecule has 0 aliphatic heterocycles. The average Bonchev–Trinajstić information content (AvgIpc) is 3.22. The Morgan fingerprint density at radius 2 is 1.26 bits per heavy atom. The molecule has 34 heavy (non-hydrogen) atoms. The van der Waals surface area contributed by atoms with E-state index in [0.29, 0.717) is 0 Å². The molecule has 0 saturated carbocycles. The fourth-order valence-corrected chi connectivity index (χ4v) is 5.09. The molecule has 4 aromatic carbocycles. The van der Waals surface area contributed by atoms with E-state index in [4.69, 9.17) is 17.2 Å². The lowest BCUT2D eigenvalue weighted by atomic mass is 10.1. The summed E-state index contributed by atoms with van der Waals surface area (Å²) in [5, 5.41) is 0. The van der Waals surface area contributed by atoms with Crippen molar-refractivity contribution in [3.05, 3.63) is 147 Å². The molecule has 0 radical (unpaired) electrons. The summed E-state index contributed by atoms with van der Waals surface area (Å²) in [5.74, 6) is 0. The predicted molar refractivity (Wildman–Crippen MR) is 147 cm³/mol. The van der Waals surface area contributed by atoms with Crippen LogP contribution in [0.5, 0.6) is 0 Å². The number of thiocarbonyl (C=S) groups is 1. The van der Waals surface area contributed by atoms with Gasteiger partial charge in [0.1, 0.15) is 4.66 Å². The Balaban J connectivity index is 1.84. The molecule has 2 nitrogen and oxygen atoms in total. The number of thiazole rings is 1. The predicted octanol–water partition coefficient (Wildman–Crippen LogP) is 5.80. The minimum atomic E-state index is 0.795. The molecule has 164 valence electrons. The maximum atomic E-state index is 5.82. The molecular formula is C30H22N2S2. The van der Waals surface area contributed by atoms with Crippen LogP contribution in [0.1, 0.15) is 11.1 Å². The first-order valence-corrected chi connectivity index (χ1v) is 12.3. The number of benzene rings is 4. The van der Waals surface area contributed by atoms with Crippen LogP contribution < -0.4 is 14.7 Å². The van der Waals surface area contributed by atoms with Crippen LogP contribution in [0.25, 0.3) is 17.8 Å². The highest BCUT2D eigenvalue weighted by Crippen LogP contribution is 2.10. The molecule has 0 atom stereocenters. The highest BCUT2D eigenvalue weighted by molar-refractivity contribution is 7.81. The molecule has 0 N–H and O–H groups in total. The second kappa shape index (κ2) is 10.4. The summed E-state index contributed by atoms with van der Waals surface area (Å²) in [4.78, 5) is 5.89. The van der Waals surface area contributed by atoms with Gasteiger partial charge in [-0.25, -0.2) is 4.99 Å². The van der Waals surface area contributed by atoms with Gasteiger partial charge in [-0.1, -0.05) is 109 Å². The van der Waals surface area contributed by atoms with E-state index in [-0.39, 0.29) is 0 Å². The SMILES string of the molecule is S=C(/C=c1\s/c(=C\c2ccccc2)c(=Nc2ccccc2)n1-c1ccccc1)c1ccccc1. The number of hydrogen-bond acceptors (Lipinski definition) is 3. The summed E-state index contributed by atoms with van der Waals surface area (Å²) in [6.45, 7) is 0. The summed E-state index contributed by atoms with van der Waals surface area (Å²) in [7, 11) is 0. The monoisotopic (exact) mass is 474 g/mol. The van der Waals surface area contributed by atoms with Crippen molar-refractivity contribution in [2.75, 3.05) is 0 Å². The van der Waals surface area contributed by atoms with Gasteiger partial charge in [-0.2, -0.15) is 0 Å². The van der Waals surface area contributed by atoms with Crippen LogP contribution in [0, 0.1) is 0 Å². The largest absolute Gasteiger partial charge is 0.285 e. The lowest BCUT2D eigenvalue weighted by Gasteiger charge is -2.05. The number of aromatic nitrogens is 1. The second-order valence-corrected chi connectivity index (χ2v) is 9.18. The minimum absolute atomic E-state index is 0.795. The summed E-state index contributed by atoms with van der Waals surface area (Å²) < 4.78 is 4.29. The third-order valence-corrected chi connectivity index (χ3v) is 6.67. The highest BCUT2D eigenvalue weighted by Gasteiger charge is 2.08. The summed E-state index contributed by atoms with van der Waals surface area (Å²) in [6.07, 6.45) is 4.27. The summed E-state index contributed by atoms with van der Waals surface area (Å²) in [5.41, 5.74) is 4.99. The molecule has 0 aliphatic rings. The molecule has 0 spiro atoms. The Hall–Kier alpha value is -3.86. The van der Waals surface area contributed by atoms with E-state index in [2.05, 4.69) is 53.1 Å². The number of hydrogen-bond donors (Lipinski definition) is 0. The zero-order chi connectivity index (χ0) is 23.2. The molecule has 0 fully saturated rings. The van der Waals surface area contributed by atoms with Crippen LogP contribution in [0.15, 0.2) is 126 Å². The fraction of sp³-hybridized carbons (Fsp3) is 0. The van der Waals surface area contributed by atoms with Gasteiger partial charge in [-0.3, -0.25) is 4.57 Å². The van der Waals surface area contributed by atoms with E-state index in [1.54, 1.807) is 11.3 Å². The van der Waals surface area contributed by atoms with E-state index in [9.17, 15) is 0 Å². The normalized spacial score (nSPS) is 12.8. The van der Waals surface area contributed by atoms with Crippen LogP contribution in [-0.4, -0.2) is 9.43 Å². The standard InChI is InChI=1S/C30H22N2S2/c33-27(24-15-7-2-8-16-24)22-29-32(26-19-11-4-12-20-26)30(31-25-17-9-3-10-18-25)28(34-29)21-23-13-5-1-6-14-23/h1-22H/b28-21-,29-22-,31-30?. The van der Waals surface area contributed by atoms with Crippen LogP contribution in [-0.2, 0) is 0 Å². The molecule has 4 heteroatoms. The van der Waals surface area contributed by atoms with Crippen LogP contribution >= 0.6 is 23.6 Å². The zero-order valence-corrected chi connectivity index (χ0v) is 20.0. The van der Waals surface area contributed by atoms with Crippen molar-refractivity contribution in [2.45, 2.75) is 0 Å². The summed E-state index contributed by atoms with van der Waals surface area (Å²) >= 11 is 7.51. The molecule has 0 bridgehead atoms. The third kappa shape index (κ3) is 5.04. The van der Waals surface area contributed by atoms with E-state index in [1.165, 1.54) is 0 Å². The van der Waals surface area contributed by atoms with Crippen LogP contribution in [0.2, 0.25) is 0 Å². The van der Waals surface area contributed by atoms with Gasteiger partial charge in [0.05, 0.1) is 10.2 Å². The molecule has 1 heterocycles. The molecule has 0 saturated heterocycles. The zero-order valence-electron chi connectivity index (χ0n) is 18.4. The Morgan fingerprint density at radius 3 is 1.91 bits per heavy atom. The molecule has 0 unspecified atom stereocenters. The Bertz CT molecular complexity index is 1580. The van der Waals surface area contributed by atoms with Gasteiger partial charge in [0, 0.05) is 10.6 Å². The van der Waals surface area contributed by atoms with Crippen LogP contribution in [0.4, 0.5) is 5.69 Å². The summed E-state index contributed by atoms with van der Waals surface area (Å²) in [6, 6.07) is 40.9. The van der Waals surface area contributed by atoms with Crippen LogP contribution in [0.3, 0.4) is 0 Å². The first-order valence-electron chi connectivity index (χ1n) is 11.0. The molecule has 0 amide bonds. The minimum Gasteiger partial charge on any atom is -0.285 e.